The third-order valence-electron chi connectivity index (χ3n) is 2.44. The van der Waals surface area contributed by atoms with Crippen LogP contribution in [0.5, 0.6) is 0 Å². The van der Waals surface area contributed by atoms with Crippen LogP contribution in [0, 0.1) is 6.92 Å². The molecule has 0 spiro atoms. The van der Waals surface area contributed by atoms with Gasteiger partial charge in [-0.05, 0) is 20.8 Å². The van der Waals surface area contributed by atoms with E-state index in [-0.39, 0.29) is 12.5 Å². The van der Waals surface area contributed by atoms with E-state index in [1.807, 2.05) is 20.8 Å². The molecule has 1 rings (SSSR count). The molecule has 7 heteroatoms. The molecule has 0 aromatic carbocycles. The van der Waals surface area contributed by atoms with Crippen molar-refractivity contribution >= 4 is 23.2 Å². The van der Waals surface area contributed by atoms with Gasteiger partial charge in [0.15, 0.2) is 5.96 Å². The fourth-order valence-electron chi connectivity index (χ4n) is 1.58. The second-order valence-corrected chi connectivity index (χ2v) is 5.25. The molecule has 0 saturated carbocycles. The number of nitrogens with one attached hydrogen (secondary N) is 3. The number of amides is 1. The summed E-state index contributed by atoms with van der Waals surface area (Å²) in [7, 11) is 0. The van der Waals surface area contributed by atoms with Crippen LogP contribution in [0.2, 0.25) is 0 Å². The lowest BCUT2D eigenvalue weighted by Gasteiger charge is -2.10. The van der Waals surface area contributed by atoms with E-state index in [4.69, 9.17) is 0 Å². The lowest BCUT2D eigenvalue weighted by atomic mass is 10.3. The molecular formula is C13H23N5OS. The summed E-state index contributed by atoms with van der Waals surface area (Å²) >= 11 is 1.66. The molecule has 1 aromatic heterocycles. The highest BCUT2D eigenvalue weighted by Crippen LogP contribution is 2.07. The predicted octanol–water partition coefficient (Wildman–Crippen LogP) is 0.685. The fourth-order valence-corrected chi connectivity index (χ4v) is 2.22. The monoisotopic (exact) mass is 297 g/mol. The summed E-state index contributed by atoms with van der Waals surface area (Å²) < 4.78 is 0. The second kappa shape index (κ2) is 9.30. The van der Waals surface area contributed by atoms with Crippen molar-refractivity contribution in [3.05, 3.63) is 16.1 Å². The molecule has 1 amide bonds. The van der Waals surface area contributed by atoms with Crippen molar-refractivity contribution in [2.24, 2.45) is 4.99 Å². The molecule has 0 bridgehead atoms. The number of carbonyl (C=O) groups excluding carboxylic acids is 1. The maximum absolute atomic E-state index is 11.4. The smallest absolute Gasteiger partial charge is 0.241 e. The van der Waals surface area contributed by atoms with Gasteiger partial charge in [0.2, 0.25) is 5.91 Å². The first-order valence-electron chi connectivity index (χ1n) is 6.85. The van der Waals surface area contributed by atoms with Crippen molar-refractivity contribution in [1.82, 2.24) is 20.9 Å². The minimum absolute atomic E-state index is 0.0696. The van der Waals surface area contributed by atoms with Gasteiger partial charge in [0.05, 0.1) is 10.7 Å². The Morgan fingerprint density at radius 3 is 2.65 bits per heavy atom. The van der Waals surface area contributed by atoms with Crippen molar-refractivity contribution in [3.63, 3.8) is 0 Å². The molecule has 1 aromatic rings. The van der Waals surface area contributed by atoms with Crippen LogP contribution in [0.25, 0.3) is 0 Å². The maximum atomic E-state index is 11.4. The number of hydrogen-bond donors (Lipinski definition) is 3. The second-order valence-electron chi connectivity index (χ2n) is 4.18. The first-order valence-corrected chi connectivity index (χ1v) is 7.73. The Bertz CT molecular complexity index is 444. The number of aliphatic imine (C=N–C) groups is 1. The molecule has 3 N–H and O–H groups in total. The van der Waals surface area contributed by atoms with Crippen LogP contribution < -0.4 is 16.0 Å². The van der Waals surface area contributed by atoms with Gasteiger partial charge >= 0.3 is 0 Å². The standard InChI is InChI=1S/C13H23N5OS/c1-4-14-12(19)8-17-13(15-5-2)16-7-6-11-9-20-10(3)18-11/h9H,4-8H2,1-3H3,(H,14,19)(H2,15,16,17). The van der Waals surface area contributed by atoms with Crippen molar-refractivity contribution in [2.75, 3.05) is 26.2 Å². The van der Waals surface area contributed by atoms with Crippen LogP contribution in [0.3, 0.4) is 0 Å². The van der Waals surface area contributed by atoms with Crippen LogP contribution >= 0.6 is 11.3 Å². The zero-order valence-corrected chi connectivity index (χ0v) is 13.1. The molecule has 112 valence electrons. The lowest BCUT2D eigenvalue weighted by molar-refractivity contribution is -0.119. The molecule has 0 aliphatic rings. The van der Waals surface area contributed by atoms with E-state index in [0.717, 1.165) is 30.2 Å². The Kier molecular flexibility index (Phi) is 7.64. The molecule has 0 aliphatic carbocycles. The van der Waals surface area contributed by atoms with Gasteiger partial charge in [-0.25, -0.2) is 9.98 Å². The fraction of sp³-hybridized carbons (Fsp3) is 0.615. The van der Waals surface area contributed by atoms with Crippen LogP contribution in [0.4, 0.5) is 0 Å². The number of aryl methyl sites for hydroxylation is 1. The van der Waals surface area contributed by atoms with Crippen molar-refractivity contribution in [3.8, 4) is 0 Å². The largest absolute Gasteiger partial charge is 0.357 e. The Labute approximate surface area is 124 Å². The quantitative estimate of drug-likeness (QED) is 0.511. The number of guanidine groups is 1. The van der Waals surface area contributed by atoms with Crippen molar-refractivity contribution < 1.29 is 4.79 Å². The highest BCUT2D eigenvalue weighted by atomic mass is 32.1. The van der Waals surface area contributed by atoms with Gasteiger partial charge in [0, 0.05) is 31.4 Å². The third kappa shape index (κ3) is 6.51. The van der Waals surface area contributed by atoms with Gasteiger partial charge in [0.1, 0.15) is 6.54 Å². The van der Waals surface area contributed by atoms with Gasteiger partial charge in [-0.3, -0.25) is 4.79 Å². The average Bonchev–Trinajstić information content (AvgIpc) is 2.82. The van der Waals surface area contributed by atoms with E-state index in [0.29, 0.717) is 12.5 Å². The summed E-state index contributed by atoms with van der Waals surface area (Å²) in [6.07, 6.45) is 0.843. The van der Waals surface area contributed by atoms with E-state index in [9.17, 15) is 4.79 Å². The van der Waals surface area contributed by atoms with Gasteiger partial charge in [-0.15, -0.1) is 11.3 Å². The Morgan fingerprint density at radius 1 is 1.30 bits per heavy atom. The summed E-state index contributed by atoms with van der Waals surface area (Å²) in [4.78, 5) is 20.0. The van der Waals surface area contributed by atoms with E-state index in [1.54, 1.807) is 11.3 Å². The summed E-state index contributed by atoms with van der Waals surface area (Å²) in [5, 5.41) is 12.2. The maximum Gasteiger partial charge on any atom is 0.241 e. The molecular weight excluding hydrogens is 274 g/mol. The normalized spacial score (nSPS) is 11.2. The highest BCUT2D eigenvalue weighted by molar-refractivity contribution is 7.09. The summed E-state index contributed by atoms with van der Waals surface area (Å²) in [6, 6.07) is 0. The van der Waals surface area contributed by atoms with Gasteiger partial charge in [0.25, 0.3) is 0 Å². The number of thiazole rings is 1. The first kappa shape index (κ1) is 16.4. The van der Waals surface area contributed by atoms with Gasteiger partial charge in [-0.2, -0.15) is 0 Å². The zero-order chi connectivity index (χ0) is 14.8. The van der Waals surface area contributed by atoms with Crippen molar-refractivity contribution in [1.29, 1.82) is 0 Å². The minimum atomic E-state index is -0.0696. The minimum Gasteiger partial charge on any atom is -0.357 e. The number of hydrogen-bond acceptors (Lipinski definition) is 4. The average molecular weight is 297 g/mol. The summed E-state index contributed by atoms with van der Waals surface area (Å²) in [6.45, 7) is 8.15. The molecule has 0 fully saturated rings. The SMILES string of the molecule is CCNC(=O)CN=C(NCC)NCCc1csc(C)n1. The predicted molar refractivity (Wildman–Crippen MR) is 83.2 cm³/mol. The lowest BCUT2D eigenvalue weighted by Crippen LogP contribution is -2.39. The van der Waals surface area contributed by atoms with Crippen LogP contribution in [0.1, 0.15) is 24.5 Å². The zero-order valence-electron chi connectivity index (χ0n) is 12.3. The number of likely N-dealkylation sites (N-methyl/N-ethyl adjacent to an activating group) is 1. The summed E-state index contributed by atoms with van der Waals surface area (Å²) in [5.41, 5.74) is 1.08. The third-order valence-corrected chi connectivity index (χ3v) is 3.26. The summed E-state index contributed by atoms with van der Waals surface area (Å²) in [5.74, 6) is 0.588. The molecule has 0 radical (unpaired) electrons. The van der Waals surface area contributed by atoms with Crippen LogP contribution in [-0.2, 0) is 11.2 Å². The van der Waals surface area contributed by atoms with Gasteiger partial charge in [-0.1, -0.05) is 0 Å². The molecule has 0 saturated heterocycles. The number of nitrogens with zero attached hydrogens (tertiary/aromatic N) is 2. The van der Waals surface area contributed by atoms with Crippen LogP contribution in [-0.4, -0.2) is 43.0 Å². The van der Waals surface area contributed by atoms with Crippen molar-refractivity contribution in [2.45, 2.75) is 27.2 Å². The Balaban J connectivity index is 2.37. The van der Waals surface area contributed by atoms with E-state index >= 15 is 0 Å². The molecule has 6 nitrogen and oxygen atoms in total. The number of carbonyl (C=O) groups is 1. The van der Waals surface area contributed by atoms with E-state index in [1.165, 1.54) is 0 Å². The molecule has 0 unspecified atom stereocenters. The number of rotatable bonds is 7. The van der Waals surface area contributed by atoms with E-state index < -0.39 is 0 Å². The molecule has 0 atom stereocenters. The topological polar surface area (TPSA) is 78.4 Å². The van der Waals surface area contributed by atoms with Crippen LogP contribution in [0.15, 0.2) is 10.4 Å². The first-order chi connectivity index (χ1) is 9.65. The molecule has 0 aliphatic heterocycles. The molecule has 1 heterocycles. The van der Waals surface area contributed by atoms with Gasteiger partial charge < -0.3 is 16.0 Å². The Hall–Kier alpha value is -1.63. The molecule has 20 heavy (non-hydrogen) atoms. The Morgan fingerprint density at radius 2 is 2.05 bits per heavy atom. The highest BCUT2D eigenvalue weighted by Gasteiger charge is 2.02. The number of aromatic nitrogens is 1. The van der Waals surface area contributed by atoms with E-state index in [2.05, 4.69) is 31.3 Å².